The van der Waals surface area contributed by atoms with Crippen LogP contribution in [0.4, 0.5) is 0 Å². The highest BCUT2D eigenvalue weighted by atomic mass is 31.2. The number of hydrogen-bond acceptors (Lipinski definition) is 4. The summed E-state index contributed by atoms with van der Waals surface area (Å²) < 4.78 is 22.8. The number of benzene rings is 2. The van der Waals surface area contributed by atoms with Gasteiger partial charge in [0.05, 0.1) is 0 Å². The Morgan fingerprint density at radius 3 is 1.63 bits per heavy atom. The van der Waals surface area contributed by atoms with Crippen molar-refractivity contribution in [1.82, 2.24) is 0 Å². The molecule has 0 aromatic heterocycles. The van der Waals surface area contributed by atoms with Gasteiger partial charge < -0.3 is 14.9 Å². The Kier molecular flexibility index (Phi) is 4.15. The lowest BCUT2D eigenvalue weighted by Crippen LogP contribution is -1.99. The second-order valence-electron chi connectivity index (χ2n) is 3.48. The quantitative estimate of drug-likeness (QED) is 0.391. The van der Waals surface area contributed by atoms with Crippen LogP contribution in [0.2, 0.25) is 0 Å². The monoisotopic (exact) mass is 277 g/mol. The van der Waals surface area contributed by atoms with E-state index in [2.05, 4.69) is 10.1 Å². The van der Waals surface area contributed by atoms with Gasteiger partial charge in [0.2, 0.25) is 0 Å². The number of para-hydroxylation sites is 2. The summed E-state index contributed by atoms with van der Waals surface area (Å²) in [5.41, 5.74) is 0. The van der Waals surface area contributed by atoms with Crippen molar-refractivity contribution >= 4 is 7.75 Å². The van der Waals surface area contributed by atoms with Crippen LogP contribution in [-0.4, -0.2) is 0 Å². The fourth-order valence-electron chi connectivity index (χ4n) is 1.35. The Balaban J connectivity index is 2.21. The summed E-state index contributed by atoms with van der Waals surface area (Å²) in [4.78, 5) is 3.36. The maximum Gasteiger partial charge on any atom is 0.583 e. The van der Waals surface area contributed by atoms with Crippen LogP contribution in [0.3, 0.4) is 0 Å². The zero-order chi connectivity index (χ0) is 13.6. The summed E-state index contributed by atoms with van der Waals surface area (Å²) in [6.45, 7) is 0. The maximum atomic E-state index is 12.4. The van der Waals surface area contributed by atoms with Crippen molar-refractivity contribution in [3.63, 3.8) is 0 Å². The van der Waals surface area contributed by atoms with E-state index in [1.165, 1.54) is 0 Å². The number of rotatable bonds is 5. The smallest absolute Gasteiger partial charge is 0.398 e. The minimum atomic E-state index is -3.83. The van der Waals surface area contributed by atoms with Crippen molar-refractivity contribution in [3.8, 4) is 11.5 Å². The van der Waals surface area contributed by atoms with E-state index in [1.807, 2.05) is 0 Å². The van der Waals surface area contributed by atoms with Crippen molar-refractivity contribution < 1.29 is 13.6 Å². The van der Waals surface area contributed by atoms with Crippen molar-refractivity contribution in [2.45, 2.75) is 0 Å². The van der Waals surface area contributed by atoms with E-state index in [0.29, 0.717) is 11.5 Å². The summed E-state index contributed by atoms with van der Waals surface area (Å²) in [5.74, 6) is 5.66. The topological polar surface area (TPSA) is 86.3 Å². The zero-order valence-corrected chi connectivity index (χ0v) is 10.8. The molecule has 0 aliphatic carbocycles. The van der Waals surface area contributed by atoms with E-state index in [-0.39, 0.29) is 0 Å². The van der Waals surface area contributed by atoms with Crippen molar-refractivity contribution in [1.29, 1.82) is 0 Å². The fraction of sp³-hybridized carbons (Fsp3) is 0. The molecule has 6 nitrogen and oxygen atoms in total. The predicted molar refractivity (Wildman–Crippen MR) is 70.8 cm³/mol. The molecule has 0 unspecified atom stereocenters. The molecule has 2 aromatic carbocycles. The first-order valence-electron chi connectivity index (χ1n) is 5.44. The second-order valence-corrected chi connectivity index (χ2v) is 4.96. The van der Waals surface area contributed by atoms with Crippen molar-refractivity contribution in [2.24, 2.45) is 16.0 Å². The Labute approximate surface area is 110 Å². The van der Waals surface area contributed by atoms with Crippen LogP contribution in [0.1, 0.15) is 0 Å². The molecule has 0 amide bonds. The molecule has 0 fully saturated rings. The normalized spacial score (nSPS) is 11.4. The molecule has 0 heterocycles. The molecule has 2 aromatic rings. The van der Waals surface area contributed by atoms with Gasteiger partial charge in [-0.05, 0) is 29.2 Å². The molecule has 98 valence electrons. The van der Waals surface area contributed by atoms with Crippen molar-refractivity contribution in [3.05, 3.63) is 60.7 Å². The molecule has 0 bridgehead atoms. The van der Waals surface area contributed by atoms with E-state index in [9.17, 15) is 4.57 Å². The molecule has 0 atom stereocenters. The summed E-state index contributed by atoms with van der Waals surface area (Å²) in [6.07, 6.45) is 0. The average molecular weight is 277 g/mol. The van der Waals surface area contributed by atoms with Crippen LogP contribution in [-0.2, 0) is 4.57 Å². The van der Waals surface area contributed by atoms with Gasteiger partial charge in [-0.2, -0.15) is 0 Å². The second kappa shape index (κ2) is 6.02. The largest absolute Gasteiger partial charge is 0.583 e. The molecule has 0 aliphatic rings. The fourth-order valence-corrected chi connectivity index (χ4v) is 2.36. The van der Waals surface area contributed by atoms with E-state index in [1.54, 1.807) is 60.7 Å². The Bertz CT molecular complexity index is 544. The maximum absolute atomic E-state index is 12.4. The highest BCUT2D eigenvalue weighted by molar-refractivity contribution is 7.53. The summed E-state index contributed by atoms with van der Waals surface area (Å²) in [7, 11) is -3.83. The van der Waals surface area contributed by atoms with Crippen LogP contribution in [0.15, 0.2) is 70.8 Å². The summed E-state index contributed by atoms with van der Waals surface area (Å²) in [6, 6.07) is 17.1. The lowest BCUT2D eigenvalue weighted by molar-refractivity contribution is 0.384. The minimum absolute atomic E-state index is 0.356. The van der Waals surface area contributed by atoms with Crippen molar-refractivity contribution in [2.75, 3.05) is 0 Å². The third-order valence-electron chi connectivity index (χ3n) is 2.09. The van der Waals surface area contributed by atoms with Gasteiger partial charge in [-0.3, -0.25) is 0 Å². The summed E-state index contributed by atoms with van der Waals surface area (Å²) in [5, 5.41) is 3.01. The Morgan fingerprint density at radius 1 is 0.842 bits per heavy atom. The molecule has 0 radical (unpaired) electrons. The number of nitrogens with two attached hydrogens (primary N) is 1. The highest BCUT2D eigenvalue weighted by Gasteiger charge is 2.28. The van der Waals surface area contributed by atoms with Gasteiger partial charge in [-0.15, -0.1) is 0 Å². The molecule has 2 N–H and O–H groups in total. The third kappa shape index (κ3) is 3.82. The molecule has 0 aliphatic heterocycles. The van der Waals surface area contributed by atoms with Crippen LogP contribution in [0.5, 0.6) is 11.5 Å². The van der Waals surface area contributed by atoms with Gasteiger partial charge in [0.15, 0.2) is 0 Å². The molecular formula is C12H12N3O3P. The first-order chi connectivity index (χ1) is 9.22. The third-order valence-corrected chi connectivity index (χ3v) is 3.29. The molecule has 7 heteroatoms. The van der Waals surface area contributed by atoms with Gasteiger partial charge in [0.1, 0.15) is 11.5 Å². The predicted octanol–water partition coefficient (Wildman–Crippen LogP) is 3.58. The lowest BCUT2D eigenvalue weighted by atomic mass is 10.3. The minimum Gasteiger partial charge on any atom is -0.398 e. The standard InChI is InChI=1S/C12H12N3O3P/c13-14-15-19(16,17-11-7-3-1-4-8-11)18-12-9-5-2-6-10-12/h1-10H,(H2,13,15,16). The average Bonchev–Trinajstić information content (AvgIpc) is 2.41. The van der Waals surface area contributed by atoms with Crippen LogP contribution in [0.25, 0.3) is 0 Å². The Hall–Kier alpha value is -2.33. The highest BCUT2D eigenvalue weighted by Crippen LogP contribution is 2.49. The SMILES string of the molecule is NN=NP(=O)(Oc1ccccc1)Oc1ccccc1. The van der Waals surface area contributed by atoms with Gasteiger partial charge in [0.25, 0.3) is 0 Å². The zero-order valence-electron chi connectivity index (χ0n) is 9.92. The number of nitrogens with zero attached hydrogens (tertiary/aromatic N) is 2. The first-order valence-corrected chi connectivity index (χ1v) is 6.93. The Morgan fingerprint density at radius 2 is 1.26 bits per heavy atom. The van der Waals surface area contributed by atoms with E-state index < -0.39 is 7.75 Å². The van der Waals surface area contributed by atoms with E-state index in [0.717, 1.165) is 0 Å². The lowest BCUT2D eigenvalue weighted by Gasteiger charge is -2.14. The van der Waals surface area contributed by atoms with E-state index >= 15 is 0 Å². The molecule has 0 saturated carbocycles. The molecule has 0 spiro atoms. The van der Waals surface area contributed by atoms with Gasteiger partial charge in [-0.1, -0.05) is 41.6 Å². The molecule has 0 saturated heterocycles. The first kappa shape index (κ1) is 13.1. The molecule has 19 heavy (non-hydrogen) atoms. The molecule has 2 rings (SSSR count). The van der Waals surface area contributed by atoms with Gasteiger partial charge >= 0.3 is 7.75 Å². The summed E-state index contributed by atoms with van der Waals surface area (Å²) >= 11 is 0. The van der Waals surface area contributed by atoms with Crippen LogP contribution in [0, 0.1) is 0 Å². The van der Waals surface area contributed by atoms with E-state index in [4.69, 9.17) is 14.9 Å². The van der Waals surface area contributed by atoms with Crippen LogP contribution < -0.4 is 14.9 Å². The number of hydrogen-bond donors (Lipinski definition) is 1. The van der Waals surface area contributed by atoms with Gasteiger partial charge in [0, 0.05) is 0 Å². The molecular weight excluding hydrogens is 265 g/mol. The van der Waals surface area contributed by atoms with Gasteiger partial charge in [-0.25, -0.2) is 4.57 Å². The van der Waals surface area contributed by atoms with Crippen LogP contribution >= 0.6 is 7.75 Å².